The second-order valence-electron chi connectivity index (χ2n) is 0.245. The molecule has 0 bridgehead atoms. The number of rotatable bonds is 0. The second-order valence-corrected chi connectivity index (χ2v) is 0.245. The molecule has 0 atom stereocenters. The Hall–Kier alpha value is -0.730. The van der Waals surface area contributed by atoms with Crippen LogP contribution in [0.1, 0.15) is 0 Å². The summed E-state index contributed by atoms with van der Waals surface area (Å²) < 4.78 is 0. The van der Waals surface area contributed by atoms with Gasteiger partial charge in [0.2, 0.25) is 0 Å². The van der Waals surface area contributed by atoms with Gasteiger partial charge in [-0.3, -0.25) is 5.73 Å². The van der Waals surface area contributed by atoms with E-state index in [-0.39, 0.29) is 0 Å². The minimum Gasteiger partial charge on any atom is -0.410 e. The van der Waals surface area contributed by atoms with Crippen LogP contribution in [0.5, 0.6) is 0 Å². The zero-order valence-electron chi connectivity index (χ0n) is 1.97. The lowest BCUT2D eigenvalue weighted by Crippen LogP contribution is -1.62. The topological polar surface area (TPSA) is 56.4 Å². The van der Waals surface area contributed by atoms with Crippen molar-refractivity contribution in [1.82, 2.24) is 5.73 Å². The number of nitrogens with one attached hydrogen (secondary N) is 1. The molecule has 0 spiro atoms. The summed E-state index contributed by atoms with van der Waals surface area (Å²) in [5, 5.41) is 9.53. The van der Waals surface area contributed by atoms with E-state index in [0.717, 1.165) is 0 Å². The molecule has 0 heterocycles. The Morgan fingerprint density at radius 3 is 2.25 bits per heavy atom. The van der Waals surface area contributed by atoms with Crippen LogP contribution in [0.3, 0.4) is 0 Å². The van der Waals surface area contributed by atoms with Crippen molar-refractivity contribution in [3.8, 4) is 0 Å². The van der Waals surface area contributed by atoms with Gasteiger partial charge in [0.1, 0.15) is 6.34 Å². The summed E-state index contributed by atoms with van der Waals surface area (Å²) in [5.74, 6) is 0. The van der Waals surface area contributed by atoms with E-state index >= 15 is 0 Å². The van der Waals surface area contributed by atoms with Crippen molar-refractivity contribution in [2.24, 2.45) is 5.16 Å². The summed E-state index contributed by atoms with van der Waals surface area (Å²) >= 11 is 0. The summed E-state index contributed by atoms with van der Waals surface area (Å²) in [6, 6.07) is 0. The quantitative estimate of drug-likeness (QED) is 0.177. The van der Waals surface area contributed by atoms with Crippen LogP contribution in [0.15, 0.2) is 5.16 Å². The Kier molecular flexibility index (Phi) is 1.86. The van der Waals surface area contributed by atoms with E-state index in [9.17, 15) is 0 Å². The van der Waals surface area contributed by atoms with Crippen LogP contribution in [-0.4, -0.2) is 11.5 Å². The average Bonchev–Trinajstić information content (AvgIpc) is 1.37. The maximum atomic E-state index is 7.26. The molecule has 0 aliphatic rings. The predicted octanol–water partition coefficient (Wildman–Crippen LogP) is -0.313. The Morgan fingerprint density at radius 2 is 2.25 bits per heavy atom. The molecule has 3 heteroatoms. The first-order chi connectivity index (χ1) is 1.91. The number of hydrogen-bond donors (Lipinski definition) is 1. The lowest BCUT2D eigenvalue weighted by atomic mass is 11.4. The summed E-state index contributed by atoms with van der Waals surface area (Å²) in [4.78, 5) is 0. The van der Waals surface area contributed by atoms with E-state index in [0.29, 0.717) is 6.34 Å². The van der Waals surface area contributed by atoms with Crippen LogP contribution in [0.2, 0.25) is 0 Å². The van der Waals surface area contributed by atoms with Gasteiger partial charge < -0.3 is 5.21 Å². The van der Waals surface area contributed by atoms with Crippen molar-refractivity contribution in [1.29, 1.82) is 0 Å². The first kappa shape index (κ1) is 3.27. The molecule has 0 amide bonds. The highest BCUT2D eigenvalue weighted by atomic mass is 16.4. The molecule has 0 rings (SSSR count). The molecule has 0 saturated carbocycles. The van der Waals surface area contributed by atoms with Crippen LogP contribution in [-0.2, 0) is 0 Å². The van der Waals surface area contributed by atoms with Gasteiger partial charge in [0.15, 0.2) is 0 Å². The second kappa shape index (κ2) is 2.27. The van der Waals surface area contributed by atoms with Crippen LogP contribution in [0.25, 0.3) is 0 Å². The van der Waals surface area contributed by atoms with E-state index in [1.165, 1.54) is 0 Å². The van der Waals surface area contributed by atoms with Crippen molar-refractivity contribution in [2.75, 3.05) is 0 Å². The maximum Gasteiger partial charge on any atom is 0.146 e. The molecule has 0 saturated heterocycles. The highest BCUT2D eigenvalue weighted by Gasteiger charge is 1.35. The molecular weight excluding hydrogens is 56.0 g/mol. The number of nitrogens with zero attached hydrogens (tertiary/aromatic N) is 1. The third-order valence-electron chi connectivity index (χ3n) is 0.0577. The van der Waals surface area contributed by atoms with E-state index in [2.05, 4.69) is 5.16 Å². The summed E-state index contributed by atoms with van der Waals surface area (Å²) in [6.07, 6.45) is 0.556. The monoisotopic (exact) mass is 59.0 g/mol. The molecule has 1 radical (unpaired) electrons. The highest BCUT2D eigenvalue weighted by molar-refractivity contribution is 5.48. The number of hydrogen-bond acceptors (Lipinski definition) is 2. The molecule has 0 unspecified atom stereocenters. The molecule has 0 fully saturated rings. The SMILES string of the molecule is [NH]/C=N\O. The fourth-order valence-corrected chi connectivity index (χ4v) is 0. The lowest BCUT2D eigenvalue weighted by Gasteiger charge is -1.53. The molecule has 3 nitrogen and oxygen atoms in total. The Bertz CT molecular complexity index is 21.2. The van der Waals surface area contributed by atoms with Gasteiger partial charge in [0, 0.05) is 0 Å². The van der Waals surface area contributed by atoms with E-state index in [4.69, 9.17) is 10.9 Å². The molecule has 0 aliphatic carbocycles. The van der Waals surface area contributed by atoms with Crippen LogP contribution in [0.4, 0.5) is 0 Å². The third-order valence-corrected chi connectivity index (χ3v) is 0.0577. The molecule has 0 aliphatic heterocycles. The van der Waals surface area contributed by atoms with Gasteiger partial charge in [-0.15, -0.1) is 0 Å². The van der Waals surface area contributed by atoms with E-state index in [1.807, 2.05) is 0 Å². The first-order valence-electron chi connectivity index (χ1n) is 0.747. The van der Waals surface area contributed by atoms with Crippen molar-refractivity contribution in [3.05, 3.63) is 0 Å². The first-order valence-corrected chi connectivity index (χ1v) is 0.747. The van der Waals surface area contributed by atoms with Crippen LogP contribution >= 0.6 is 0 Å². The smallest absolute Gasteiger partial charge is 0.146 e. The van der Waals surface area contributed by atoms with Gasteiger partial charge in [-0.1, -0.05) is 5.16 Å². The molecule has 4 heavy (non-hydrogen) atoms. The van der Waals surface area contributed by atoms with Gasteiger partial charge in [-0.25, -0.2) is 0 Å². The lowest BCUT2D eigenvalue weighted by molar-refractivity contribution is 0.321. The zero-order valence-corrected chi connectivity index (χ0v) is 1.97. The van der Waals surface area contributed by atoms with E-state index in [1.54, 1.807) is 0 Å². The Labute approximate surface area is 23.7 Å². The Balaban J connectivity index is 2.55. The van der Waals surface area contributed by atoms with Crippen molar-refractivity contribution in [2.45, 2.75) is 0 Å². The minimum atomic E-state index is 0.556. The molecule has 0 aromatic rings. The summed E-state index contributed by atoms with van der Waals surface area (Å²) in [5.41, 5.74) is 5.91. The van der Waals surface area contributed by atoms with Gasteiger partial charge in [-0.2, -0.15) is 0 Å². The van der Waals surface area contributed by atoms with Crippen molar-refractivity contribution < 1.29 is 5.21 Å². The van der Waals surface area contributed by atoms with Crippen LogP contribution in [0, 0.1) is 0 Å². The standard InChI is InChI=1S/CH3N2O/c2-1-3-4/h1-2,4H/b3-1-. The van der Waals surface area contributed by atoms with Crippen molar-refractivity contribution >= 4 is 6.34 Å². The fraction of sp³-hybridized carbons (Fsp3) is 0. The van der Waals surface area contributed by atoms with Crippen molar-refractivity contribution in [3.63, 3.8) is 0 Å². The van der Waals surface area contributed by atoms with Crippen LogP contribution < -0.4 is 5.73 Å². The van der Waals surface area contributed by atoms with E-state index < -0.39 is 0 Å². The van der Waals surface area contributed by atoms with Gasteiger partial charge in [-0.05, 0) is 0 Å². The maximum absolute atomic E-state index is 7.26. The molecule has 23 valence electrons. The molecule has 0 aromatic carbocycles. The minimum absolute atomic E-state index is 0.556. The highest BCUT2D eigenvalue weighted by Crippen LogP contribution is 1.30. The van der Waals surface area contributed by atoms with Gasteiger partial charge >= 0.3 is 0 Å². The largest absolute Gasteiger partial charge is 0.410 e. The molecule has 0 aromatic heterocycles. The third kappa shape index (κ3) is 1.27. The average molecular weight is 59.0 g/mol. The zero-order chi connectivity index (χ0) is 3.41. The van der Waals surface area contributed by atoms with Gasteiger partial charge in [0.05, 0.1) is 0 Å². The predicted molar refractivity (Wildman–Crippen MR) is 13.4 cm³/mol. The summed E-state index contributed by atoms with van der Waals surface area (Å²) in [7, 11) is 0. The Morgan fingerprint density at radius 1 is 2.00 bits per heavy atom. The summed E-state index contributed by atoms with van der Waals surface area (Å²) in [6.45, 7) is 0. The normalized spacial score (nSPS) is 9.00. The number of oxime groups is 1. The fourth-order valence-electron chi connectivity index (χ4n) is 0. The molecular formula is CH3N2O. The van der Waals surface area contributed by atoms with Gasteiger partial charge in [0.25, 0.3) is 0 Å². The molecule has 2 N–H and O–H groups in total.